The molecule has 0 radical (unpaired) electrons. The highest BCUT2D eigenvalue weighted by Gasteiger charge is 2.25. The van der Waals surface area contributed by atoms with Crippen LogP contribution in [0.4, 0.5) is 4.39 Å². The Hall–Kier alpha value is -2.44. The predicted molar refractivity (Wildman–Crippen MR) is 73.1 cm³/mol. The van der Waals surface area contributed by atoms with Gasteiger partial charge in [0, 0.05) is 0 Å². The monoisotopic (exact) mass is 296 g/mol. The number of rotatable bonds is 6. The largest absolute Gasteiger partial charge is 0.480 e. The van der Waals surface area contributed by atoms with Gasteiger partial charge in [0.05, 0.1) is 5.56 Å². The van der Waals surface area contributed by atoms with E-state index in [4.69, 9.17) is 5.11 Å². The molecule has 1 atom stereocenters. The molecule has 2 amide bonds. The smallest absolute Gasteiger partial charge is 0.322 e. The number of carboxylic acids is 1. The Morgan fingerprint density at radius 1 is 1.24 bits per heavy atom. The molecule has 1 aromatic rings. The van der Waals surface area contributed by atoms with Crippen LogP contribution in [0.25, 0.3) is 0 Å². The molecule has 0 saturated heterocycles. The summed E-state index contributed by atoms with van der Waals surface area (Å²) in [6.07, 6.45) is 0. The minimum Gasteiger partial charge on any atom is -0.480 e. The average Bonchev–Trinajstić information content (AvgIpc) is 2.42. The Labute approximate surface area is 121 Å². The summed E-state index contributed by atoms with van der Waals surface area (Å²) < 4.78 is 13.5. The van der Waals surface area contributed by atoms with Crippen molar-refractivity contribution in [1.29, 1.82) is 0 Å². The van der Waals surface area contributed by atoms with Gasteiger partial charge < -0.3 is 15.7 Å². The molecular weight excluding hydrogens is 279 g/mol. The van der Waals surface area contributed by atoms with Crippen LogP contribution in [0.3, 0.4) is 0 Å². The van der Waals surface area contributed by atoms with E-state index in [1.54, 1.807) is 13.8 Å². The van der Waals surface area contributed by atoms with E-state index < -0.39 is 36.2 Å². The first-order valence-corrected chi connectivity index (χ1v) is 6.37. The molecule has 1 unspecified atom stereocenters. The molecule has 0 aliphatic rings. The number of aliphatic carboxylic acids is 1. The number of hydrogen-bond donors (Lipinski definition) is 3. The van der Waals surface area contributed by atoms with Gasteiger partial charge in [-0.2, -0.15) is 0 Å². The van der Waals surface area contributed by atoms with Crippen molar-refractivity contribution in [2.24, 2.45) is 5.92 Å². The Morgan fingerprint density at radius 2 is 1.86 bits per heavy atom. The van der Waals surface area contributed by atoms with Crippen molar-refractivity contribution in [1.82, 2.24) is 10.6 Å². The summed E-state index contributed by atoms with van der Waals surface area (Å²) >= 11 is 0. The maximum atomic E-state index is 13.5. The summed E-state index contributed by atoms with van der Waals surface area (Å²) in [5.41, 5.74) is -0.172. The highest BCUT2D eigenvalue weighted by atomic mass is 19.1. The van der Waals surface area contributed by atoms with Gasteiger partial charge in [0.15, 0.2) is 0 Å². The maximum absolute atomic E-state index is 13.5. The van der Waals surface area contributed by atoms with Gasteiger partial charge in [0.1, 0.15) is 18.4 Å². The first-order valence-electron chi connectivity index (χ1n) is 6.37. The zero-order chi connectivity index (χ0) is 16.0. The van der Waals surface area contributed by atoms with Gasteiger partial charge >= 0.3 is 5.97 Å². The average molecular weight is 296 g/mol. The van der Waals surface area contributed by atoms with Crippen molar-refractivity contribution in [2.45, 2.75) is 19.9 Å². The lowest BCUT2D eigenvalue weighted by molar-refractivity contribution is -0.138. The van der Waals surface area contributed by atoms with Gasteiger partial charge in [0.25, 0.3) is 5.91 Å². The van der Waals surface area contributed by atoms with E-state index in [2.05, 4.69) is 10.6 Å². The van der Waals surface area contributed by atoms with Crippen molar-refractivity contribution in [3.8, 4) is 0 Å². The summed E-state index contributed by atoms with van der Waals surface area (Å²) in [5.74, 6) is -3.52. The van der Waals surface area contributed by atoms with Crippen LogP contribution in [0.15, 0.2) is 24.3 Å². The van der Waals surface area contributed by atoms with Crippen molar-refractivity contribution in [3.05, 3.63) is 35.6 Å². The lowest BCUT2D eigenvalue weighted by atomic mass is 10.0. The van der Waals surface area contributed by atoms with Gasteiger partial charge in [-0.3, -0.25) is 14.4 Å². The molecular formula is C14H17FN2O4. The van der Waals surface area contributed by atoms with Crippen molar-refractivity contribution < 1.29 is 23.9 Å². The number of benzene rings is 1. The highest BCUT2D eigenvalue weighted by molar-refractivity contribution is 5.98. The normalized spacial score (nSPS) is 11.8. The van der Waals surface area contributed by atoms with E-state index in [1.165, 1.54) is 18.2 Å². The van der Waals surface area contributed by atoms with E-state index in [-0.39, 0.29) is 11.5 Å². The third-order valence-electron chi connectivity index (χ3n) is 2.77. The lowest BCUT2D eigenvalue weighted by Crippen LogP contribution is -2.50. The predicted octanol–water partition coefficient (Wildman–Crippen LogP) is 0.781. The third-order valence-corrected chi connectivity index (χ3v) is 2.77. The van der Waals surface area contributed by atoms with Crippen molar-refractivity contribution >= 4 is 17.8 Å². The topological polar surface area (TPSA) is 95.5 Å². The van der Waals surface area contributed by atoms with Crippen LogP contribution in [0.5, 0.6) is 0 Å². The summed E-state index contributed by atoms with van der Waals surface area (Å²) in [5, 5.41) is 13.1. The van der Waals surface area contributed by atoms with E-state index in [9.17, 15) is 18.8 Å². The fourth-order valence-corrected chi connectivity index (χ4v) is 1.67. The number of hydrogen-bond acceptors (Lipinski definition) is 3. The van der Waals surface area contributed by atoms with Gasteiger partial charge in [-0.25, -0.2) is 4.39 Å². The molecule has 0 fully saturated rings. The maximum Gasteiger partial charge on any atom is 0.322 e. The Bertz CT molecular complexity index is 546. The first-order chi connectivity index (χ1) is 9.82. The quantitative estimate of drug-likeness (QED) is 0.723. The molecule has 21 heavy (non-hydrogen) atoms. The molecule has 0 bridgehead atoms. The molecule has 0 aromatic heterocycles. The van der Waals surface area contributed by atoms with Crippen LogP contribution in [-0.2, 0) is 9.59 Å². The summed E-state index contributed by atoms with van der Waals surface area (Å²) in [7, 11) is 0. The van der Waals surface area contributed by atoms with Crippen molar-refractivity contribution in [3.63, 3.8) is 0 Å². The molecule has 6 nitrogen and oxygen atoms in total. The fourth-order valence-electron chi connectivity index (χ4n) is 1.67. The van der Waals surface area contributed by atoms with E-state index in [1.807, 2.05) is 0 Å². The highest BCUT2D eigenvalue weighted by Crippen LogP contribution is 2.08. The second-order valence-corrected chi connectivity index (χ2v) is 4.79. The van der Waals surface area contributed by atoms with Gasteiger partial charge in [-0.05, 0) is 18.1 Å². The summed E-state index contributed by atoms with van der Waals surface area (Å²) in [4.78, 5) is 34.3. The molecule has 0 spiro atoms. The molecule has 7 heteroatoms. The summed E-state index contributed by atoms with van der Waals surface area (Å²) in [6.45, 7) is 2.83. The van der Waals surface area contributed by atoms with Crippen LogP contribution in [0.1, 0.15) is 24.2 Å². The molecule has 1 aromatic carbocycles. The minimum atomic E-state index is -1.19. The number of halogens is 1. The van der Waals surface area contributed by atoms with Crippen molar-refractivity contribution in [2.75, 3.05) is 6.54 Å². The molecule has 114 valence electrons. The fraction of sp³-hybridized carbons (Fsp3) is 0.357. The van der Waals surface area contributed by atoms with Gasteiger partial charge in [0.2, 0.25) is 5.91 Å². The van der Waals surface area contributed by atoms with Crippen LogP contribution in [0.2, 0.25) is 0 Å². The van der Waals surface area contributed by atoms with Gasteiger partial charge in [-0.1, -0.05) is 26.0 Å². The second-order valence-electron chi connectivity index (χ2n) is 4.79. The third kappa shape index (κ3) is 4.87. The van der Waals surface area contributed by atoms with Crippen LogP contribution >= 0.6 is 0 Å². The number of carbonyl (C=O) groups excluding carboxylic acids is 2. The Morgan fingerprint density at radius 3 is 2.38 bits per heavy atom. The number of amides is 2. The molecule has 0 saturated carbocycles. The standard InChI is InChI=1S/C14H17FN2O4/c1-8(2)12(14(21)16-7-11(18)19)17-13(20)9-5-3-4-6-10(9)15/h3-6,8,12H,7H2,1-2H3,(H,16,21)(H,17,20)(H,18,19). The number of carboxylic acid groups (broad SMARTS) is 1. The zero-order valence-corrected chi connectivity index (χ0v) is 11.7. The van der Waals surface area contributed by atoms with E-state index in [0.717, 1.165) is 6.07 Å². The lowest BCUT2D eigenvalue weighted by Gasteiger charge is -2.21. The molecule has 0 heterocycles. The Kier molecular flexibility index (Phi) is 5.83. The number of carbonyl (C=O) groups is 3. The van der Waals surface area contributed by atoms with Gasteiger partial charge in [-0.15, -0.1) is 0 Å². The minimum absolute atomic E-state index is 0.172. The van der Waals surface area contributed by atoms with Crippen LogP contribution in [-0.4, -0.2) is 35.5 Å². The van der Waals surface area contributed by atoms with Crippen LogP contribution < -0.4 is 10.6 Å². The number of nitrogens with one attached hydrogen (secondary N) is 2. The summed E-state index contributed by atoms with van der Waals surface area (Å²) in [6, 6.07) is 4.45. The Balaban J connectivity index is 2.79. The molecule has 3 N–H and O–H groups in total. The van der Waals surface area contributed by atoms with E-state index in [0.29, 0.717) is 0 Å². The molecule has 0 aliphatic heterocycles. The SMILES string of the molecule is CC(C)C(NC(=O)c1ccccc1F)C(=O)NCC(=O)O. The first kappa shape index (κ1) is 16.6. The zero-order valence-electron chi connectivity index (χ0n) is 11.7. The van der Waals surface area contributed by atoms with E-state index >= 15 is 0 Å². The van der Waals surface area contributed by atoms with Crippen LogP contribution in [0, 0.1) is 11.7 Å². The molecule has 1 rings (SSSR count). The second kappa shape index (κ2) is 7.37. The molecule has 0 aliphatic carbocycles.